The zero-order chi connectivity index (χ0) is 22.8. The molecular formula is C24H32N4O3. The van der Waals surface area contributed by atoms with Crippen LogP contribution in [0.5, 0.6) is 0 Å². The van der Waals surface area contributed by atoms with Crippen molar-refractivity contribution in [1.29, 1.82) is 0 Å². The van der Waals surface area contributed by atoms with Gasteiger partial charge in [-0.2, -0.15) is 0 Å². The number of amides is 3. The Kier molecular flexibility index (Phi) is 9.06. The van der Waals surface area contributed by atoms with Crippen molar-refractivity contribution < 1.29 is 14.4 Å². The minimum absolute atomic E-state index is 0.0229. The van der Waals surface area contributed by atoms with E-state index < -0.39 is 0 Å². The summed E-state index contributed by atoms with van der Waals surface area (Å²) in [6, 6.07) is 14.0. The monoisotopic (exact) mass is 424 g/mol. The van der Waals surface area contributed by atoms with E-state index in [-0.39, 0.29) is 24.3 Å². The lowest BCUT2D eigenvalue weighted by molar-refractivity contribution is -0.114. The van der Waals surface area contributed by atoms with Crippen LogP contribution in [0, 0.1) is 0 Å². The van der Waals surface area contributed by atoms with Crippen molar-refractivity contribution >= 4 is 29.1 Å². The quantitative estimate of drug-likeness (QED) is 0.609. The van der Waals surface area contributed by atoms with E-state index in [0.717, 1.165) is 18.5 Å². The summed E-state index contributed by atoms with van der Waals surface area (Å²) < 4.78 is 0. The van der Waals surface area contributed by atoms with Crippen molar-refractivity contribution in [1.82, 2.24) is 9.80 Å². The van der Waals surface area contributed by atoms with Crippen molar-refractivity contribution in [2.24, 2.45) is 0 Å². The third kappa shape index (κ3) is 7.13. The highest BCUT2D eigenvalue weighted by Gasteiger charge is 2.15. The van der Waals surface area contributed by atoms with Gasteiger partial charge in [-0.25, -0.2) is 0 Å². The predicted octanol–water partition coefficient (Wildman–Crippen LogP) is 3.70. The van der Waals surface area contributed by atoms with Crippen LogP contribution >= 0.6 is 0 Å². The molecule has 0 fully saturated rings. The van der Waals surface area contributed by atoms with Gasteiger partial charge in [-0.3, -0.25) is 14.4 Å². The van der Waals surface area contributed by atoms with Gasteiger partial charge in [0.25, 0.3) is 11.8 Å². The van der Waals surface area contributed by atoms with Crippen molar-refractivity contribution in [2.75, 3.05) is 44.4 Å². The second-order valence-electron chi connectivity index (χ2n) is 7.55. The summed E-state index contributed by atoms with van der Waals surface area (Å²) >= 11 is 0. The van der Waals surface area contributed by atoms with Gasteiger partial charge < -0.3 is 20.4 Å². The third-order valence-electron chi connectivity index (χ3n) is 4.66. The molecule has 0 saturated carbocycles. The molecule has 7 heteroatoms. The number of nitrogens with zero attached hydrogens (tertiary/aromatic N) is 2. The van der Waals surface area contributed by atoms with Crippen LogP contribution in [0.15, 0.2) is 48.5 Å². The van der Waals surface area contributed by atoms with Gasteiger partial charge in [0, 0.05) is 49.7 Å². The molecule has 0 aliphatic heterocycles. The van der Waals surface area contributed by atoms with Gasteiger partial charge in [0.2, 0.25) is 5.91 Å². The second-order valence-corrected chi connectivity index (χ2v) is 7.55. The highest BCUT2D eigenvalue weighted by Crippen LogP contribution is 2.14. The van der Waals surface area contributed by atoms with E-state index in [4.69, 9.17) is 0 Å². The number of anilines is 2. The Labute approximate surface area is 184 Å². The van der Waals surface area contributed by atoms with Crippen LogP contribution in [0.4, 0.5) is 11.4 Å². The molecule has 31 heavy (non-hydrogen) atoms. The molecule has 166 valence electrons. The summed E-state index contributed by atoms with van der Waals surface area (Å²) in [4.78, 5) is 40.4. The van der Waals surface area contributed by atoms with Crippen molar-refractivity contribution in [2.45, 2.75) is 26.7 Å². The molecule has 2 N–H and O–H groups in total. The van der Waals surface area contributed by atoms with E-state index >= 15 is 0 Å². The Morgan fingerprint density at radius 3 is 2.03 bits per heavy atom. The highest BCUT2D eigenvalue weighted by atomic mass is 16.2. The van der Waals surface area contributed by atoms with E-state index in [1.807, 2.05) is 18.7 Å². The third-order valence-corrected chi connectivity index (χ3v) is 4.66. The van der Waals surface area contributed by atoms with Gasteiger partial charge in [-0.1, -0.05) is 19.9 Å². The van der Waals surface area contributed by atoms with Crippen LogP contribution in [-0.2, 0) is 4.79 Å². The maximum Gasteiger partial charge on any atom is 0.253 e. The van der Waals surface area contributed by atoms with Crippen LogP contribution in [0.3, 0.4) is 0 Å². The number of benzene rings is 2. The van der Waals surface area contributed by atoms with E-state index in [1.54, 1.807) is 62.6 Å². The van der Waals surface area contributed by atoms with Gasteiger partial charge in [-0.05, 0) is 55.3 Å². The van der Waals surface area contributed by atoms with E-state index in [9.17, 15) is 14.4 Å². The molecule has 0 aromatic heterocycles. The second kappa shape index (κ2) is 11.7. The SMILES string of the molecule is CCCN(CCC)C(=O)c1cccc(NC(=O)CNc2ccc(C(=O)N(C)C)cc2)c1. The molecule has 2 aromatic carbocycles. The fourth-order valence-corrected chi connectivity index (χ4v) is 3.14. The molecule has 2 rings (SSSR count). The molecule has 3 amide bonds. The minimum Gasteiger partial charge on any atom is -0.376 e. The van der Waals surface area contributed by atoms with Crippen molar-refractivity contribution in [3.8, 4) is 0 Å². The summed E-state index contributed by atoms with van der Waals surface area (Å²) in [5.74, 6) is -0.322. The minimum atomic E-state index is -0.225. The van der Waals surface area contributed by atoms with Crippen LogP contribution in [0.25, 0.3) is 0 Å². The number of rotatable bonds is 10. The standard InChI is InChI=1S/C24H32N4O3/c1-5-14-28(15-6-2)24(31)19-8-7-9-21(16-19)26-22(29)17-25-20-12-10-18(11-13-20)23(30)27(3)4/h7-13,16,25H,5-6,14-15,17H2,1-4H3,(H,26,29). The molecule has 0 spiro atoms. The summed E-state index contributed by atoms with van der Waals surface area (Å²) in [6.45, 7) is 5.59. The highest BCUT2D eigenvalue weighted by molar-refractivity contribution is 5.98. The Balaban J connectivity index is 1.94. The number of nitrogens with one attached hydrogen (secondary N) is 2. The predicted molar refractivity (Wildman–Crippen MR) is 125 cm³/mol. The van der Waals surface area contributed by atoms with Gasteiger partial charge in [0.15, 0.2) is 0 Å². The van der Waals surface area contributed by atoms with Crippen LogP contribution in [-0.4, -0.2) is 61.3 Å². The maximum absolute atomic E-state index is 12.8. The molecule has 7 nitrogen and oxygen atoms in total. The number of hydrogen-bond donors (Lipinski definition) is 2. The summed E-state index contributed by atoms with van der Waals surface area (Å²) in [6.07, 6.45) is 1.80. The molecule has 2 aromatic rings. The largest absolute Gasteiger partial charge is 0.376 e. The first-order valence-electron chi connectivity index (χ1n) is 10.6. The van der Waals surface area contributed by atoms with E-state index in [2.05, 4.69) is 10.6 Å². The molecule has 0 saturated heterocycles. The number of carbonyl (C=O) groups excluding carboxylic acids is 3. The van der Waals surface area contributed by atoms with Gasteiger partial charge in [0.1, 0.15) is 0 Å². The first-order valence-corrected chi connectivity index (χ1v) is 10.6. The number of hydrogen-bond acceptors (Lipinski definition) is 4. The Hall–Kier alpha value is -3.35. The molecule has 0 radical (unpaired) electrons. The average Bonchev–Trinajstić information content (AvgIpc) is 2.77. The normalized spacial score (nSPS) is 10.3. The summed E-state index contributed by atoms with van der Waals surface area (Å²) in [5, 5.41) is 5.86. The van der Waals surface area contributed by atoms with Crippen LogP contribution in [0.2, 0.25) is 0 Å². The van der Waals surface area contributed by atoms with Crippen LogP contribution < -0.4 is 10.6 Å². The lowest BCUT2D eigenvalue weighted by atomic mass is 10.1. The topological polar surface area (TPSA) is 81.8 Å². The summed E-state index contributed by atoms with van der Waals surface area (Å²) in [5.41, 5.74) is 2.47. The Morgan fingerprint density at radius 1 is 0.806 bits per heavy atom. The molecule has 0 bridgehead atoms. The first-order chi connectivity index (χ1) is 14.8. The van der Waals surface area contributed by atoms with Crippen molar-refractivity contribution in [3.05, 3.63) is 59.7 Å². The fourth-order valence-electron chi connectivity index (χ4n) is 3.14. The van der Waals surface area contributed by atoms with Gasteiger partial charge in [0.05, 0.1) is 6.54 Å². The fraction of sp³-hybridized carbons (Fsp3) is 0.375. The molecule has 0 atom stereocenters. The first kappa shape index (κ1) is 23.9. The molecule has 0 aliphatic rings. The summed E-state index contributed by atoms with van der Waals surface area (Å²) in [7, 11) is 3.40. The zero-order valence-corrected chi connectivity index (χ0v) is 18.8. The average molecular weight is 425 g/mol. The van der Waals surface area contributed by atoms with Gasteiger partial charge in [-0.15, -0.1) is 0 Å². The Bertz CT molecular complexity index is 888. The lowest BCUT2D eigenvalue weighted by Crippen LogP contribution is -2.32. The molecule has 0 unspecified atom stereocenters. The van der Waals surface area contributed by atoms with E-state index in [0.29, 0.717) is 29.9 Å². The molecule has 0 heterocycles. The lowest BCUT2D eigenvalue weighted by Gasteiger charge is -2.21. The molecular weight excluding hydrogens is 392 g/mol. The maximum atomic E-state index is 12.8. The Morgan fingerprint density at radius 2 is 1.45 bits per heavy atom. The number of carbonyl (C=O) groups is 3. The van der Waals surface area contributed by atoms with Crippen molar-refractivity contribution in [3.63, 3.8) is 0 Å². The smallest absolute Gasteiger partial charge is 0.253 e. The molecule has 0 aliphatic carbocycles. The van der Waals surface area contributed by atoms with E-state index in [1.165, 1.54) is 4.90 Å². The van der Waals surface area contributed by atoms with Crippen LogP contribution in [0.1, 0.15) is 47.4 Å². The zero-order valence-electron chi connectivity index (χ0n) is 18.8. The van der Waals surface area contributed by atoms with Gasteiger partial charge >= 0.3 is 0 Å².